The summed E-state index contributed by atoms with van der Waals surface area (Å²) in [5, 5.41) is 4.18. The highest BCUT2D eigenvalue weighted by atomic mass is 15.6. The van der Waals surface area contributed by atoms with Crippen LogP contribution < -0.4 is 9.47 Å². The fourth-order valence-electron chi connectivity index (χ4n) is 3.09. The van der Waals surface area contributed by atoms with Gasteiger partial charge in [-0.2, -0.15) is 0 Å². The van der Waals surface area contributed by atoms with Gasteiger partial charge in [0.1, 0.15) is 21.5 Å². The lowest BCUT2D eigenvalue weighted by Crippen LogP contribution is -2.67. The van der Waals surface area contributed by atoms with Crippen molar-refractivity contribution >= 4 is 33.2 Å². The van der Waals surface area contributed by atoms with Crippen molar-refractivity contribution in [2.75, 3.05) is 0 Å². The van der Waals surface area contributed by atoms with Crippen LogP contribution in [0.3, 0.4) is 0 Å². The third kappa shape index (κ3) is 2.16. The van der Waals surface area contributed by atoms with Gasteiger partial charge < -0.3 is 9.97 Å². The van der Waals surface area contributed by atoms with E-state index >= 15 is 0 Å². The normalized spacial score (nSPS) is 11.7. The second-order valence-corrected chi connectivity index (χ2v) is 6.12. The Bertz CT molecular complexity index is 1410. The molecule has 128 valence electrons. The van der Waals surface area contributed by atoms with Crippen LogP contribution in [0.25, 0.3) is 44.6 Å². The molecule has 6 aromatic heterocycles. The SMILES string of the molecule is c1cc2nc(-c3cnc4[nH][n+](-[n+]5cnc6nc[nH]c6c5)cc4c3)[nH]c2cn1. The molecule has 6 heterocycles. The molecule has 0 atom stereocenters. The number of fused-ring (bicyclic) bond motifs is 3. The van der Waals surface area contributed by atoms with Crippen molar-refractivity contribution < 1.29 is 9.47 Å². The number of hydrogen-bond donors (Lipinski definition) is 3. The summed E-state index contributed by atoms with van der Waals surface area (Å²) in [6, 6.07) is 3.91. The quantitative estimate of drug-likeness (QED) is 0.394. The zero-order chi connectivity index (χ0) is 17.8. The van der Waals surface area contributed by atoms with Crippen molar-refractivity contribution in [3.63, 3.8) is 0 Å². The molecule has 6 aromatic rings. The molecule has 6 rings (SSSR count). The zero-order valence-electron chi connectivity index (χ0n) is 13.8. The molecule has 10 heteroatoms. The van der Waals surface area contributed by atoms with Crippen molar-refractivity contribution in [3.05, 3.63) is 55.8 Å². The Balaban J connectivity index is 1.46. The highest BCUT2D eigenvalue weighted by molar-refractivity contribution is 5.82. The number of imidazole rings is 2. The number of aromatic amines is 3. The summed E-state index contributed by atoms with van der Waals surface area (Å²) < 4.78 is 1.81. The van der Waals surface area contributed by atoms with Crippen molar-refractivity contribution in [2.45, 2.75) is 0 Å². The van der Waals surface area contributed by atoms with Gasteiger partial charge in [0.25, 0.3) is 23.8 Å². The number of H-pyrrole nitrogens is 3. The Morgan fingerprint density at radius 3 is 2.96 bits per heavy atom. The van der Waals surface area contributed by atoms with Gasteiger partial charge in [0.2, 0.25) is 0 Å². The molecule has 3 N–H and O–H groups in total. The lowest BCUT2D eigenvalue weighted by atomic mass is 10.2. The van der Waals surface area contributed by atoms with Crippen LogP contribution in [0.1, 0.15) is 0 Å². The molecule has 0 unspecified atom stereocenters. The first-order chi connectivity index (χ1) is 13.3. The summed E-state index contributed by atoms with van der Waals surface area (Å²) in [5.74, 6) is 0.758. The minimum atomic E-state index is 0.669. The average Bonchev–Trinajstić information content (AvgIpc) is 3.42. The maximum Gasteiger partial charge on any atom is 0.291 e. The van der Waals surface area contributed by atoms with Crippen LogP contribution in [-0.4, -0.2) is 40.0 Å². The van der Waals surface area contributed by atoms with Crippen LogP contribution >= 0.6 is 0 Å². The first kappa shape index (κ1) is 14.0. The van der Waals surface area contributed by atoms with Crippen LogP contribution in [0.5, 0.6) is 0 Å². The molecule has 10 nitrogen and oxygen atoms in total. The summed E-state index contributed by atoms with van der Waals surface area (Å²) in [4.78, 5) is 29.8. The number of nitrogens with zero attached hydrogens (tertiary/aromatic N) is 7. The van der Waals surface area contributed by atoms with Crippen molar-refractivity contribution in [1.29, 1.82) is 0 Å². The van der Waals surface area contributed by atoms with Gasteiger partial charge in [0, 0.05) is 22.6 Å². The van der Waals surface area contributed by atoms with Crippen LogP contribution in [0.2, 0.25) is 0 Å². The Morgan fingerprint density at radius 2 is 2.00 bits per heavy atom. The van der Waals surface area contributed by atoms with E-state index in [1.807, 2.05) is 29.2 Å². The van der Waals surface area contributed by atoms with Gasteiger partial charge in [0.15, 0.2) is 6.20 Å². The third-order valence-electron chi connectivity index (χ3n) is 4.41. The molecule has 0 amide bonds. The first-order valence-electron chi connectivity index (χ1n) is 8.25. The minimum Gasteiger partial charge on any atom is -0.339 e. The van der Waals surface area contributed by atoms with Gasteiger partial charge in [0.05, 0.1) is 23.6 Å². The number of rotatable bonds is 2. The second-order valence-electron chi connectivity index (χ2n) is 6.12. The third-order valence-corrected chi connectivity index (χ3v) is 4.41. The van der Waals surface area contributed by atoms with Gasteiger partial charge in [-0.3, -0.25) is 4.98 Å². The smallest absolute Gasteiger partial charge is 0.291 e. The Hall–Kier alpha value is -4.21. The Kier molecular flexibility index (Phi) is 2.67. The van der Waals surface area contributed by atoms with E-state index in [2.05, 4.69) is 40.0 Å². The predicted octanol–water partition coefficient (Wildman–Crippen LogP) is 0.659. The second kappa shape index (κ2) is 5.14. The van der Waals surface area contributed by atoms with Gasteiger partial charge in [-0.1, -0.05) is 4.98 Å². The largest absolute Gasteiger partial charge is 0.339 e. The van der Waals surface area contributed by atoms with Gasteiger partial charge in [-0.05, 0) is 17.2 Å². The maximum atomic E-state index is 4.60. The topological polar surface area (TPSA) is 120 Å². The Morgan fingerprint density at radius 1 is 1.00 bits per heavy atom. The van der Waals surface area contributed by atoms with E-state index in [0.29, 0.717) is 5.65 Å². The summed E-state index contributed by atoms with van der Waals surface area (Å²) in [5.41, 5.74) is 4.94. The van der Waals surface area contributed by atoms with E-state index in [4.69, 9.17) is 0 Å². The number of nitrogens with one attached hydrogen (secondary N) is 3. The van der Waals surface area contributed by atoms with E-state index < -0.39 is 0 Å². The lowest BCUT2D eigenvalue weighted by molar-refractivity contribution is -1.32. The molecule has 0 fully saturated rings. The Labute approximate surface area is 150 Å². The predicted molar refractivity (Wildman–Crippen MR) is 94.1 cm³/mol. The molecule has 27 heavy (non-hydrogen) atoms. The van der Waals surface area contributed by atoms with Crippen molar-refractivity contribution in [2.24, 2.45) is 0 Å². The van der Waals surface area contributed by atoms with Crippen LogP contribution in [0.15, 0.2) is 55.8 Å². The van der Waals surface area contributed by atoms with Gasteiger partial charge >= 0.3 is 0 Å². The van der Waals surface area contributed by atoms with Crippen molar-refractivity contribution in [1.82, 2.24) is 40.0 Å². The summed E-state index contributed by atoms with van der Waals surface area (Å²) in [7, 11) is 0. The molecule has 0 radical (unpaired) electrons. The molecule has 0 saturated heterocycles. The summed E-state index contributed by atoms with van der Waals surface area (Å²) in [6.45, 7) is 0. The fourth-order valence-corrected chi connectivity index (χ4v) is 3.09. The molecule has 0 aliphatic heterocycles. The van der Waals surface area contributed by atoms with Gasteiger partial charge in [-0.15, -0.1) is 0 Å². The van der Waals surface area contributed by atoms with E-state index in [1.54, 1.807) is 36.0 Å². The molecule has 0 saturated carbocycles. The van der Waals surface area contributed by atoms with E-state index in [9.17, 15) is 0 Å². The minimum absolute atomic E-state index is 0.669. The van der Waals surface area contributed by atoms with Crippen LogP contribution in [-0.2, 0) is 0 Å². The van der Waals surface area contributed by atoms with Crippen molar-refractivity contribution in [3.8, 4) is 11.4 Å². The zero-order valence-corrected chi connectivity index (χ0v) is 13.8. The molecule has 0 aromatic carbocycles. The lowest BCUT2D eigenvalue weighted by Gasteiger charge is -1.93. The van der Waals surface area contributed by atoms with E-state index in [0.717, 1.165) is 39.0 Å². The van der Waals surface area contributed by atoms with Gasteiger partial charge in [-0.25, -0.2) is 15.0 Å². The number of pyridine rings is 2. The molecule has 0 spiro atoms. The van der Waals surface area contributed by atoms with Crippen LogP contribution in [0.4, 0.5) is 0 Å². The standard InChI is InChI=1S/C17H12N10/c1-2-18-5-13-12(1)23-16(24-13)10-3-11-6-27(25-15(11)19-4-10)26-7-14-17(22-9-26)21-8-20-14/h1-9H,(H,19,25)(H,23,24)(H,20,21,22)/q+2. The highest BCUT2D eigenvalue weighted by Crippen LogP contribution is 2.21. The van der Waals surface area contributed by atoms with Crippen LogP contribution in [0, 0.1) is 0 Å². The maximum absolute atomic E-state index is 4.60. The molecule has 0 aliphatic carbocycles. The summed E-state index contributed by atoms with van der Waals surface area (Å²) in [6.07, 6.45) is 12.4. The highest BCUT2D eigenvalue weighted by Gasteiger charge is 2.19. The van der Waals surface area contributed by atoms with E-state index in [1.165, 1.54) is 0 Å². The van der Waals surface area contributed by atoms with E-state index in [-0.39, 0.29) is 0 Å². The molecule has 0 aliphatic rings. The fraction of sp³-hybridized carbons (Fsp3) is 0. The first-order valence-corrected chi connectivity index (χ1v) is 8.25. The number of aromatic nitrogens is 10. The average molecular weight is 356 g/mol. The number of hydrogen-bond acceptors (Lipinski definition) is 5. The molecular formula is C17H12N10+2. The summed E-state index contributed by atoms with van der Waals surface area (Å²) >= 11 is 0. The monoisotopic (exact) mass is 356 g/mol. The molecular weight excluding hydrogens is 344 g/mol. The molecule has 0 bridgehead atoms.